The zero-order valence-corrected chi connectivity index (χ0v) is 12.7. The number of carbonyl (C=O) groups excluding carboxylic acids is 1. The highest BCUT2D eigenvalue weighted by Gasteiger charge is 2.36. The lowest BCUT2D eigenvalue weighted by Gasteiger charge is -2.45. The van der Waals surface area contributed by atoms with E-state index in [2.05, 4.69) is 4.90 Å². The van der Waals surface area contributed by atoms with Crippen molar-refractivity contribution in [1.82, 2.24) is 0 Å². The van der Waals surface area contributed by atoms with Gasteiger partial charge in [-0.25, -0.2) is 0 Å². The van der Waals surface area contributed by atoms with Crippen LogP contribution in [0.15, 0.2) is 18.2 Å². The molecule has 0 N–H and O–H groups in total. The van der Waals surface area contributed by atoms with Crippen LogP contribution in [0.5, 0.6) is 0 Å². The summed E-state index contributed by atoms with van der Waals surface area (Å²) in [5.74, 6) is 0. The van der Waals surface area contributed by atoms with Crippen molar-refractivity contribution in [3.8, 4) is 0 Å². The van der Waals surface area contributed by atoms with E-state index in [0.717, 1.165) is 30.6 Å². The second-order valence-corrected chi connectivity index (χ2v) is 6.75. The summed E-state index contributed by atoms with van der Waals surface area (Å²) in [5, 5.41) is 0.703. The predicted octanol–water partition coefficient (Wildman–Crippen LogP) is 4.70. The molecule has 108 valence electrons. The van der Waals surface area contributed by atoms with Gasteiger partial charge in [0, 0.05) is 18.7 Å². The number of aldehydes is 1. The average molecular weight is 292 g/mol. The van der Waals surface area contributed by atoms with Gasteiger partial charge in [0.25, 0.3) is 0 Å². The number of hydrogen-bond donors (Lipinski definition) is 0. The fraction of sp³-hybridized carbons (Fsp3) is 0.588. The summed E-state index contributed by atoms with van der Waals surface area (Å²) in [4.78, 5) is 13.5. The van der Waals surface area contributed by atoms with Crippen molar-refractivity contribution in [2.24, 2.45) is 5.41 Å². The summed E-state index contributed by atoms with van der Waals surface area (Å²) in [6.45, 7) is 2.06. The zero-order chi connectivity index (χ0) is 14.0. The SMILES string of the molecule is O=Cc1cccc(Cl)c1N1CCC2(CCCCC2)CC1. The molecule has 2 nitrogen and oxygen atoms in total. The Morgan fingerprint density at radius 3 is 2.40 bits per heavy atom. The summed E-state index contributed by atoms with van der Waals surface area (Å²) >= 11 is 6.32. The Hall–Kier alpha value is -1.02. The molecule has 2 fully saturated rings. The fourth-order valence-electron chi connectivity index (χ4n) is 3.97. The lowest BCUT2D eigenvalue weighted by atomic mass is 9.68. The van der Waals surface area contributed by atoms with Crippen molar-refractivity contribution in [2.45, 2.75) is 44.9 Å². The Morgan fingerprint density at radius 1 is 1.05 bits per heavy atom. The molecular weight excluding hydrogens is 270 g/mol. The Bertz CT molecular complexity index is 484. The Balaban J connectivity index is 1.76. The van der Waals surface area contributed by atoms with E-state index in [1.165, 1.54) is 44.9 Å². The minimum atomic E-state index is 0.581. The lowest BCUT2D eigenvalue weighted by molar-refractivity contribution is 0.112. The summed E-state index contributed by atoms with van der Waals surface area (Å²) in [6, 6.07) is 5.59. The molecule has 3 rings (SSSR count). The summed E-state index contributed by atoms with van der Waals surface area (Å²) in [7, 11) is 0. The van der Waals surface area contributed by atoms with Crippen LogP contribution in [0.1, 0.15) is 55.3 Å². The van der Waals surface area contributed by atoms with Crippen LogP contribution < -0.4 is 4.90 Å². The molecule has 20 heavy (non-hydrogen) atoms. The van der Waals surface area contributed by atoms with Crippen LogP contribution in [0.2, 0.25) is 5.02 Å². The van der Waals surface area contributed by atoms with Crippen LogP contribution in [0, 0.1) is 5.41 Å². The first kappa shape index (κ1) is 13.9. The molecule has 0 amide bonds. The second kappa shape index (κ2) is 5.77. The van der Waals surface area contributed by atoms with Crippen LogP contribution in [0.4, 0.5) is 5.69 Å². The van der Waals surface area contributed by atoms with Crippen LogP contribution in [-0.2, 0) is 0 Å². The Morgan fingerprint density at radius 2 is 1.75 bits per heavy atom. The summed E-state index contributed by atoms with van der Waals surface area (Å²) < 4.78 is 0. The molecule has 1 aliphatic carbocycles. The van der Waals surface area contributed by atoms with Gasteiger partial charge in [-0.1, -0.05) is 36.9 Å². The number of para-hydroxylation sites is 1. The number of piperidine rings is 1. The van der Waals surface area contributed by atoms with Gasteiger partial charge in [-0.3, -0.25) is 4.79 Å². The van der Waals surface area contributed by atoms with Crippen LogP contribution in [0.3, 0.4) is 0 Å². The normalized spacial score (nSPS) is 21.9. The van der Waals surface area contributed by atoms with Gasteiger partial charge >= 0.3 is 0 Å². The maximum Gasteiger partial charge on any atom is 0.152 e. The van der Waals surface area contributed by atoms with Crippen molar-refractivity contribution in [1.29, 1.82) is 0 Å². The third-order valence-electron chi connectivity index (χ3n) is 5.20. The molecular formula is C17H22ClNO. The van der Waals surface area contributed by atoms with Gasteiger partial charge in [0.05, 0.1) is 10.7 Å². The van der Waals surface area contributed by atoms with E-state index < -0.39 is 0 Å². The van der Waals surface area contributed by atoms with Crippen LogP contribution >= 0.6 is 11.6 Å². The van der Waals surface area contributed by atoms with Crippen molar-refractivity contribution < 1.29 is 4.79 Å². The molecule has 0 bridgehead atoms. The maximum absolute atomic E-state index is 11.2. The molecule has 1 heterocycles. The molecule has 1 aromatic carbocycles. The number of anilines is 1. The molecule has 1 saturated carbocycles. The molecule has 0 radical (unpaired) electrons. The standard InChI is InChI=1S/C17H22ClNO/c18-15-6-4-5-14(13-20)16(15)19-11-9-17(10-12-19)7-2-1-3-8-17/h4-6,13H,1-3,7-12H2. The largest absolute Gasteiger partial charge is 0.370 e. The van der Waals surface area contributed by atoms with E-state index in [-0.39, 0.29) is 0 Å². The molecule has 2 aliphatic rings. The van der Waals surface area contributed by atoms with Crippen molar-refractivity contribution in [3.05, 3.63) is 28.8 Å². The van der Waals surface area contributed by atoms with Gasteiger partial charge in [-0.15, -0.1) is 0 Å². The van der Waals surface area contributed by atoms with E-state index >= 15 is 0 Å². The van der Waals surface area contributed by atoms with E-state index in [1.54, 1.807) is 0 Å². The van der Waals surface area contributed by atoms with Crippen LogP contribution in [0.25, 0.3) is 0 Å². The molecule has 0 atom stereocenters. The number of hydrogen-bond acceptors (Lipinski definition) is 2. The Kier molecular flexibility index (Phi) is 4.02. The van der Waals surface area contributed by atoms with Gasteiger partial charge in [0.1, 0.15) is 0 Å². The third kappa shape index (κ3) is 2.58. The number of halogens is 1. The number of rotatable bonds is 2. The first-order chi connectivity index (χ1) is 9.74. The fourth-order valence-corrected chi connectivity index (χ4v) is 4.27. The minimum Gasteiger partial charge on any atom is -0.370 e. The molecule has 1 spiro atoms. The summed E-state index contributed by atoms with van der Waals surface area (Å²) in [5.41, 5.74) is 2.24. The number of benzene rings is 1. The molecule has 1 aliphatic heterocycles. The van der Waals surface area contributed by atoms with Gasteiger partial charge in [0.2, 0.25) is 0 Å². The quantitative estimate of drug-likeness (QED) is 0.736. The third-order valence-corrected chi connectivity index (χ3v) is 5.50. The lowest BCUT2D eigenvalue weighted by Crippen LogP contribution is -2.41. The van der Waals surface area contributed by atoms with Crippen molar-refractivity contribution >= 4 is 23.6 Å². The molecule has 3 heteroatoms. The molecule has 1 aromatic rings. The maximum atomic E-state index is 11.2. The average Bonchev–Trinajstić information content (AvgIpc) is 2.49. The number of carbonyl (C=O) groups is 1. The number of nitrogens with zero attached hydrogens (tertiary/aromatic N) is 1. The predicted molar refractivity (Wildman–Crippen MR) is 83.8 cm³/mol. The van der Waals surface area contributed by atoms with Gasteiger partial charge in [0.15, 0.2) is 6.29 Å². The first-order valence-electron chi connectivity index (χ1n) is 7.73. The van der Waals surface area contributed by atoms with Crippen molar-refractivity contribution in [2.75, 3.05) is 18.0 Å². The minimum absolute atomic E-state index is 0.581. The highest BCUT2D eigenvalue weighted by atomic mass is 35.5. The first-order valence-corrected chi connectivity index (χ1v) is 8.11. The van der Waals surface area contributed by atoms with Crippen molar-refractivity contribution in [3.63, 3.8) is 0 Å². The Labute approximate surface area is 126 Å². The van der Waals surface area contributed by atoms with Gasteiger partial charge in [-0.2, -0.15) is 0 Å². The second-order valence-electron chi connectivity index (χ2n) is 6.34. The van der Waals surface area contributed by atoms with E-state index in [0.29, 0.717) is 10.4 Å². The smallest absolute Gasteiger partial charge is 0.152 e. The highest BCUT2D eigenvalue weighted by Crippen LogP contribution is 2.46. The highest BCUT2D eigenvalue weighted by molar-refractivity contribution is 6.33. The van der Waals surface area contributed by atoms with Gasteiger partial charge in [-0.05, 0) is 43.2 Å². The monoisotopic (exact) mass is 291 g/mol. The zero-order valence-electron chi connectivity index (χ0n) is 11.9. The van der Waals surface area contributed by atoms with E-state index in [4.69, 9.17) is 11.6 Å². The molecule has 0 unspecified atom stereocenters. The summed E-state index contributed by atoms with van der Waals surface area (Å²) in [6.07, 6.45) is 10.4. The van der Waals surface area contributed by atoms with Crippen LogP contribution in [-0.4, -0.2) is 19.4 Å². The molecule has 0 aromatic heterocycles. The van der Waals surface area contributed by atoms with E-state index in [1.807, 2.05) is 18.2 Å². The molecule has 1 saturated heterocycles. The topological polar surface area (TPSA) is 20.3 Å². The van der Waals surface area contributed by atoms with Gasteiger partial charge < -0.3 is 4.90 Å². The van der Waals surface area contributed by atoms with E-state index in [9.17, 15) is 4.79 Å².